The number of benzene rings is 1. The highest BCUT2D eigenvalue weighted by atomic mass is 32.2. The average molecular weight is 292 g/mol. The summed E-state index contributed by atoms with van der Waals surface area (Å²) >= 11 is 1.58. The van der Waals surface area contributed by atoms with Crippen molar-refractivity contribution < 1.29 is 4.79 Å². The van der Waals surface area contributed by atoms with Gasteiger partial charge in [0.15, 0.2) is 0 Å². The van der Waals surface area contributed by atoms with Gasteiger partial charge in [-0.3, -0.25) is 4.79 Å². The molecule has 0 heterocycles. The fraction of sp³-hybridized carbons (Fsp3) is 0.562. The smallest absolute Gasteiger partial charge is 0.233 e. The van der Waals surface area contributed by atoms with E-state index < -0.39 is 0 Å². The third-order valence-corrected chi connectivity index (χ3v) is 4.88. The number of rotatable bonds is 5. The number of amides is 1. The van der Waals surface area contributed by atoms with Crippen molar-refractivity contribution in [2.75, 3.05) is 18.0 Å². The van der Waals surface area contributed by atoms with Gasteiger partial charge < -0.3 is 10.6 Å². The van der Waals surface area contributed by atoms with Crippen LogP contribution >= 0.6 is 11.8 Å². The van der Waals surface area contributed by atoms with E-state index in [-0.39, 0.29) is 5.91 Å². The van der Waals surface area contributed by atoms with Gasteiger partial charge in [-0.15, -0.1) is 11.8 Å². The third-order valence-electron chi connectivity index (χ3n) is 3.90. The molecule has 2 rings (SSSR count). The van der Waals surface area contributed by atoms with Gasteiger partial charge in [-0.05, 0) is 38.0 Å². The summed E-state index contributed by atoms with van der Waals surface area (Å²) in [6, 6.07) is 8.19. The maximum Gasteiger partial charge on any atom is 0.233 e. The minimum absolute atomic E-state index is 0.256. The highest BCUT2D eigenvalue weighted by Gasteiger charge is 2.23. The van der Waals surface area contributed by atoms with E-state index in [0.29, 0.717) is 11.8 Å². The molecule has 20 heavy (non-hydrogen) atoms. The van der Waals surface area contributed by atoms with Crippen LogP contribution in [0.5, 0.6) is 0 Å². The van der Waals surface area contributed by atoms with Crippen LogP contribution in [0.3, 0.4) is 0 Å². The van der Waals surface area contributed by atoms with E-state index in [1.54, 1.807) is 11.8 Å². The number of carbonyl (C=O) groups is 1. The zero-order valence-electron chi connectivity index (χ0n) is 12.2. The molecule has 1 aromatic carbocycles. The van der Waals surface area contributed by atoms with E-state index in [2.05, 4.69) is 11.8 Å². The minimum Gasteiger partial charge on any atom is -0.399 e. The Labute approximate surface area is 125 Å². The molecule has 0 saturated heterocycles. The van der Waals surface area contributed by atoms with Crippen LogP contribution in [0.2, 0.25) is 0 Å². The molecule has 110 valence electrons. The lowest BCUT2D eigenvalue weighted by Gasteiger charge is -2.33. The Balaban J connectivity index is 1.88. The van der Waals surface area contributed by atoms with Crippen LogP contribution in [0.1, 0.15) is 39.0 Å². The second-order valence-electron chi connectivity index (χ2n) is 5.33. The fourth-order valence-electron chi connectivity index (χ4n) is 2.86. The van der Waals surface area contributed by atoms with Gasteiger partial charge in [0.2, 0.25) is 5.91 Å². The molecule has 1 fully saturated rings. The van der Waals surface area contributed by atoms with Crippen molar-refractivity contribution in [3.05, 3.63) is 24.3 Å². The quantitative estimate of drug-likeness (QED) is 0.667. The predicted octanol–water partition coefficient (Wildman–Crippen LogP) is 3.54. The molecule has 1 aromatic rings. The van der Waals surface area contributed by atoms with Crippen LogP contribution in [0, 0.1) is 0 Å². The van der Waals surface area contributed by atoms with Crippen LogP contribution in [0.4, 0.5) is 5.69 Å². The van der Waals surface area contributed by atoms with Crippen molar-refractivity contribution in [3.63, 3.8) is 0 Å². The second-order valence-corrected chi connectivity index (χ2v) is 6.38. The maximum absolute atomic E-state index is 12.4. The first-order valence-electron chi connectivity index (χ1n) is 7.48. The summed E-state index contributed by atoms with van der Waals surface area (Å²) in [6.07, 6.45) is 6.18. The van der Waals surface area contributed by atoms with Gasteiger partial charge >= 0.3 is 0 Å². The molecule has 4 heteroatoms. The molecular weight excluding hydrogens is 268 g/mol. The molecule has 0 bridgehead atoms. The van der Waals surface area contributed by atoms with E-state index in [0.717, 1.165) is 17.1 Å². The van der Waals surface area contributed by atoms with Gasteiger partial charge in [-0.25, -0.2) is 0 Å². The SMILES string of the molecule is CCN(C(=O)CSc1cccc(N)c1)C1CCCCC1. The Morgan fingerprint density at radius 3 is 2.75 bits per heavy atom. The van der Waals surface area contributed by atoms with Gasteiger partial charge in [-0.1, -0.05) is 25.3 Å². The minimum atomic E-state index is 0.256. The number of hydrogen-bond donors (Lipinski definition) is 1. The molecule has 1 aliphatic carbocycles. The molecule has 3 nitrogen and oxygen atoms in total. The van der Waals surface area contributed by atoms with Gasteiger partial charge in [0.05, 0.1) is 5.75 Å². The van der Waals surface area contributed by atoms with Crippen molar-refractivity contribution >= 4 is 23.4 Å². The Morgan fingerprint density at radius 1 is 1.35 bits per heavy atom. The summed E-state index contributed by atoms with van der Waals surface area (Å²) in [5, 5.41) is 0. The Morgan fingerprint density at radius 2 is 2.10 bits per heavy atom. The molecule has 1 aliphatic rings. The maximum atomic E-state index is 12.4. The summed E-state index contributed by atoms with van der Waals surface area (Å²) in [6.45, 7) is 2.90. The molecule has 2 N–H and O–H groups in total. The van der Waals surface area contributed by atoms with Crippen molar-refractivity contribution in [2.24, 2.45) is 0 Å². The number of anilines is 1. The zero-order chi connectivity index (χ0) is 14.4. The van der Waals surface area contributed by atoms with Crippen molar-refractivity contribution in [1.29, 1.82) is 0 Å². The number of thioether (sulfide) groups is 1. The monoisotopic (exact) mass is 292 g/mol. The van der Waals surface area contributed by atoms with Gasteiger partial charge in [0.25, 0.3) is 0 Å². The van der Waals surface area contributed by atoms with Crippen LogP contribution in [0.15, 0.2) is 29.2 Å². The Kier molecular flexibility index (Phi) is 5.77. The molecule has 0 atom stereocenters. The first-order valence-corrected chi connectivity index (χ1v) is 8.47. The zero-order valence-corrected chi connectivity index (χ0v) is 13.0. The van der Waals surface area contributed by atoms with E-state index in [9.17, 15) is 4.79 Å². The average Bonchev–Trinajstić information content (AvgIpc) is 2.47. The topological polar surface area (TPSA) is 46.3 Å². The largest absolute Gasteiger partial charge is 0.399 e. The normalized spacial score (nSPS) is 16.1. The summed E-state index contributed by atoms with van der Waals surface area (Å²) in [5.74, 6) is 0.764. The lowest BCUT2D eigenvalue weighted by Crippen LogP contribution is -2.42. The van der Waals surface area contributed by atoms with Crippen molar-refractivity contribution in [3.8, 4) is 0 Å². The molecule has 1 amide bonds. The van der Waals surface area contributed by atoms with Gasteiger partial charge in [0.1, 0.15) is 0 Å². The molecule has 0 spiro atoms. The van der Waals surface area contributed by atoms with Gasteiger partial charge in [0, 0.05) is 23.2 Å². The molecule has 1 saturated carbocycles. The molecule has 0 unspecified atom stereocenters. The summed E-state index contributed by atoms with van der Waals surface area (Å²) in [5.41, 5.74) is 6.51. The van der Waals surface area contributed by atoms with Crippen molar-refractivity contribution in [2.45, 2.75) is 50.0 Å². The number of hydrogen-bond acceptors (Lipinski definition) is 3. The lowest BCUT2D eigenvalue weighted by molar-refractivity contribution is -0.131. The number of nitrogens with two attached hydrogens (primary N) is 1. The van der Waals surface area contributed by atoms with E-state index in [1.807, 2.05) is 24.3 Å². The first-order chi connectivity index (χ1) is 9.70. The van der Waals surface area contributed by atoms with E-state index >= 15 is 0 Å². The van der Waals surface area contributed by atoms with Crippen LogP contribution in [-0.4, -0.2) is 29.1 Å². The highest BCUT2D eigenvalue weighted by molar-refractivity contribution is 8.00. The summed E-state index contributed by atoms with van der Waals surface area (Å²) in [4.78, 5) is 15.5. The molecule has 0 aliphatic heterocycles. The molecular formula is C16H24N2OS. The number of nitrogen functional groups attached to an aromatic ring is 1. The fourth-order valence-corrected chi connectivity index (χ4v) is 3.71. The van der Waals surface area contributed by atoms with Crippen LogP contribution in [0.25, 0.3) is 0 Å². The third kappa shape index (κ3) is 4.17. The Hall–Kier alpha value is -1.16. The van der Waals surface area contributed by atoms with Crippen LogP contribution < -0.4 is 5.73 Å². The first kappa shape index (κ1) is 15.2. The predicted molar refractivity (Wildman–Crippen MR) is 85.8 cm³/mol. The second kappa shape index (κ2) is 7.58. The van der Waals surface area contributed by atoms with E-state index in [1.165, 1.54) is 32.1 Å². The number of carbonyl (C=O) groups excluding carboxylic acids is 1. The highest BCUT2D eigenvalue weighted by Crippen LogP contribution is 2.25. The summed E-state index contributed by atoms with van der Waals surface area (Å²) < 4.78 is 0. The lowest BCUT2D eigenvalue weighted by atomic mass is 9.94. The van der Waals surface area contributed by atoms with Crippen molar-refractivity contribution in [1.82, 2.24) is 4.90 Å². The Bertz CT molecular complexity index is 444. The molecule has 0 radical (unpaired) electrons. The van der Waals surface area contributed by atoms with Gasteiger partial charge in [-0.2, -0.15) is 0 Å². The van der Waals surface area contributed by atoms with E-state index in [4.69, 9.17) is 5.73 Å². The standard InChI is InChI=1S/C16H24N2OS/c1-2-18(14-8-4-3-5-9-14)16(19)12-20-15-10-6-7-13(17)11-15/h6-7,10-11,14H,2-5,8-9,12,17H2,1H3. The number of nitrogens with zero attached hydrogens (tertiary/aromatic N) is 1. The van der Waals surface area contributed by atoms with Crippen LogP contribution in [-0.2, 0) is 4.79 Å². The molecule has 0 aromatic heterocycles. The summed E-state index contributed by atoms with van der Waals surface area (Å²) in [7, 11) is 0.